The molecule has 156 valence electrons. The Morgan fingerprint density at radius 3 is 2.73 bits per heavy atom. The normalized spacial score (nSPS) is 15.5. The lowest BCUT2D eigenvalue weighted by molar-refractivity contribution is 0.340. The predicted octanol–water partition coefficient (Wildman–Crippen LogP) is 3.38. The number of hydrogen-bond donors (Lipinski definition) is 3. The molecule has 0 unspecified atom stereocenters. The highest BCUT2D eigenvalue weighted by atomic mass is 32.2. The van der Waals surface area contributed by atoms with E-state index in [1.807, 2.05) is 31.2 Å². The number of nitrogens with zero attached hydrogens (tertiary/aromatic N) is 2. The fourth-order valence-corrected chi connectivity index (χ4v) is 4.26. The van der Waals surface area contributed by atoms with Gasteiger partial charge in [0.15, 0.2) is 0 Å². The molecule has 0 amide bonds. The summed E-state index contributed by atoms with van der Waals surface area (Å²) in [6, 6.07) is 14.3. The van der Waals surface area contributed by atoms with Crippen molar-refractivity contribution >= 4 is 27.5 Å². The molecule has 2 aromatic carbocycles. The maximum atomic E-state index is 12.5. The topological polar surface area (TPSA) is 105 Å². The molecule has 30 heavy (non-hydrogen) atoms. The number of rotatable bonds is 3. The van der Waals surface area contributed by atoms with Gasteiger partial charge in [0, 0.05) is 30.5 Å². The molecule has 3 N–H and O–H groups in total. The van der Waals surface area contributed by atoms with Crippen molar-refractivity contribution in [2.24, 2.45) is 0 Å². The van der Waals surface area contributed by atoms with E-state index in [4.69, 9.17) is 4.74 Å². The highest BCUT2D eigenvalue weighted by Gasteiger charge is 2.16. The van der Waals surface area contributed by atoms with Crippen LogP contribution < -0.4 is 20.1 Å². The molecule has 0 radical (unpaired) electrons. The molecule has 0 saturated heterocycles. The van der Waals surface area contributed by atoms with E-state index in [-0.39, 0.29) is 4.90 Å². The molecule has 0 spiro atoms. The zero-order valence-corrected chi connectivity index (χ0v) is 17.4. The minimum absolute atomic E-state index is 0.200. The van der Waals surface area contributed by atoms with Crippen LogP contribution in [0.4, 0.5) is 17.5 Å². The van der Waals surface area contributed by atoms with Crippen LogP contribution in [0.25, 0.3) is 11.1 Å². The first kappa shape index (κ1) is 20.1. The summed E-state index contributed by atoms with van der Waals surface area (Å²) in [7, 11) is -3.57. The number of anilines is 3. The van der Waals surface area contributed by atoms with Crippen LogP contribution in [0.5, 0.6) is 5.75 Å². The molecule has 0 fully saturated rings. The third kappa shape index (κ3) is 4.52. The van der Waals surface area contributed by atoms with E-state index >= 15 is 0 Å². The number of fused-ring (bicyclic) bond motifs is 4. The van der Waals surface area contributed by atoms with E-state index in [0.29, 0.717) is 43.6 Å². The maximum Gasteiger partial charge on any atom is 0.240 e. The first-order valence-electron chi connectivity index (χ1n) is 9.76. The molecule has 9 heteroatoms. The van der Waals surface area contributed by atoms with Crippen molar-refractivity contribution in [2.75, 3.05) is 30.3 Å². The summed E-state index contributed by atoms with van der Waals surface area (Å²) in [6.45, 7) is 3.44. The first-order valence-corrected chi connectivity index (χ1v) is 11.2. The quantitative estimate of drug-likeness (QED) is 0.591. The number of aromatic nitrogens is 2. The Labute approximate surface area is 175 Å². The van der Waals surface area contributed by atoms with E-state index in [2.05, 4.69) is 25.3 Å². The smallest absolute Gasteiger partial charge is 0.240 e. The van der Waals surface area contributed by atoms with Gasteiger partial charge in [-0.2, -0.15) is 4.98 Å². The van der Waals surface area contributed by atoms with Gasteiger partial charge in [-0.3, -0.25) is 0 Å². The molecule has 1 aliphatic rings. The number of ether oxygens (including phenoxy) is 1. The Kier molecular flexibility index (Phi) is 5.82. The summed E-state index contributed by atoms with van der Waals surface area (Å²) in [5.74, 6) is 1.87. The van der Waals surface area contributed by atoms with E-state index < -0.39 is 10.0 Å². The summed E-state index contributed by atoms with van der Waals surface area (Å²) < 4.78 is 33.1. The van der Waals surface area contributed by atoms with Crippen molar-refractivity contribution in [1.82, 2.24) is 14.7 Å². The monoisotopic (exact) mass is 425 g/mol. The minimum atomic E-state index is -3.57. The van der Waals surface area contributed by atoms with Crippen LogP contribution in [0.2, 0.25) is 0 Å². The molecule has 1 aliphatic heterocycles. The number of benzene rings is 2. The van der Waals surface area contributed by atoms with Crippen LogP contribution in [0.1, 0.15) is 13.3 Å². The molecule has 2 heterocycles. The van der Waals surface area contributed by atoms with Crippen LogP contribution in [0.15, 0.2) is 59.6 Å². The van der Waals surface area contributed by atoms with Crippen molar-refractivity contribution in [1.29, 1.82) is 0 Å². The standard InChI is InChI=1S/C21H23N5O3S/c1-2-29-17-9-7-15(8-10-17)19-14-23-21-25-16-5-3-6-18(13-16)30(27,28)24-12-4-11-22-20(19)26-21/h3,5-10,13-14,24H,2,4,11-12H2,1H3,(H2,22,23,25,26). The number of sulfonamides is 1. The summed E-state index contributed by atoms with van der Waals surface area (Å²) >= 11 is 0. The average molecular weight is 426 g/mol. The van der Waals surface area contributed by atoms with Gasteiger partial charge in [0.2, 0.25) is 16.0 Å². The Morgan fingerprint density at radius 1 is 1.10 bits per heavy atom. The SMILES string of the molecule is CCOc1ccc(-c2cnc3nc2NCCCNS(=O)(=O)c2cccc(c2)N3)cc1. The van der Waals surface area contributed by atoms with Crippen molar-refractivity contribution in [3.63, 3.8) is 0 Å². The third-order valence-electron chi connectivity index (χ3n) is 4.60. The van der Waals surface area contributed by atoms with Crippen LogP contribution in [0.3, 0.4) is 0 Å². The second-order valence-corrected chi connectivity index (χ2v) is 8.51. The van der Waals surface area contributed by atoms with Gasteiger partial charge in [-0.25, -0.2) is 18.1 Å². The van der Waals surface area contributed by atoms with E-state index in [9.17, 15) is 8.42 Å². The molecule has 1 aromatic heterocycles. The van der Waals surface area contributed by atoms with Crippen LogP contribution in [-0.2, 0) is 10.0 Å². The van der Waals surface area contributed by atoms with Crippen molar-refractivity contribution in [3.8, 4) is 16.9 Å². The summed E-state index contributed by atoms with van der Waals surface area (Å²) in [5.41, 5.74) is 2.41. The van der Waals surface area contributed by atoms with Gasteiger partial charge >= 0.3 is 0 Å². The molecule has 0 saturated carbocycles. The van der Waals surface area contributed by atoms with Gasteiger partial charge in [-0.1, -0.05) is 18.2 Å². The van der Waals surface area contributed by atoms with Crippen LogP contribution in [0, 0.1) is 0 Å². The van der Waals surface area contributed by atoms with Gasteiger partial charge in [-0.05, 0) is 49.2 Å². The van der Waals surface area contributed by atoms with Gasteiger partial charge in [-0.15, -0.1) is 0 Å². The largest absolute Gasteiger partial charge is 0.494 e. The van der Waals surface area contributed by atoms with Gasteiger partial charge in [0.25, 0.3) is 0 Å². The molecule has 0 aliphatic carbocycles. The lowest BCUT2D eigenvalue weighted by Gasteiger charge is -2.13. The Hall–Kier alpha value is -3.17. The molecule has 4 rings (SSSR count). The summed E-state index contributed by atoms with van der Waals surface area (Å²) in [6.07, 6.45) is 2.36. The van der Waals surface area contributed by atoms with Crippen LogP contribution >= 0.6 is 0 Å². The number of hydrogen-bond acceptors (Lipinski definition) is 7. The second kappa shape index (κ2) is 8.68. The van der Waals surface area contributed by atoms with E-state index in [0.717, 1.165) is 16.9 Å². The number of nitrogens with one attached hydrogen (secondary N) is 3. The molecular weight excluding hydrogens is 402 g/mol. The average Bonchev–Trinajstić information content (AvgIpc) is 2.75. The lowest BCUT2D eigenvalue weighted by Crippen LogP contribution is -2.26. The fraction of sp³-hybridized carbons (Fsp3) is 0.238. The highest BCUT2D eigenvalue weighted by molar-refractivity contribution is 7.89. The Bertz CT molecular complexity index is 1130. The van der Waals surface area contributed by atoms with Gasteiger partial charge in [0.1, 0.15) is 11.6 Å². The molecule has 4 bridgehead atoms. The highest BCUT2D eigenvalue weighted by Crippen LogP contribution is 2.29. The summed E-state index contributed by atoms with van der Waals surface area (Å²) in [5, 5.41) is 6.40. The predicted molar refractivity (Wildman–Crippen MR) is 117 cm³/mol. The molecule has 8 nitrogen and oxygen atoms in total. The zero-order chi connectivity index (χ0) is 21.0. The van der Waals surface area contributed by atoms with Crippen molar-refractivity contribution < 1.29 is 13.2 Å². The van der Waals surface area contributed by atoms with Crippen molar-refractivity contribution in [2.45, 2.75) is 18.2 Å². The third-order valence-corrected chi connectivity index (χ3v) is 6.06. The summed E-state index contributed by atoms with van der Waals surface area (Å²) in [4.78, 5) is 9.25. The minimum Gasteiger partial charge on any atom is -0.494 e. The Balaban J connectivity index is 1.69. The Morgan fingerprint density at radius 2 is 1.93 bits per heavy atom. The van der Waals surface area contributed by atoms with E-state index in [1.54, 1.807) is 30.5 Å². The second-order valence-electron chi connectivity index (χ2n) is 6.74. The zero-order valence-electron chi connectivity index (χ0n) is 16.6. The lowest BCUT2D eigenvalue weighted by atomic mass is 10.1. The van der Waals surface area contributed by atoms with Crippen molar-refractivity contribution in [3.05, 3.63) is 54.7 Å². The molecular formula is C21H23N5O3S. The van der Waals surface area contributed by atoms with E-state index in [1.165, 1.54) is 0 Å². The van der Waals surface area contributed by atoms with Gasteiger partial charge in [0.05, 0.1) is 11.5 Å². The molecule has 3 aromatic rings. The first-order chi connectivity index (χ1) is 14.5. The maximum absolute atomic E-state index is 12.5. The van der Waals surface area contributed by atoms with Crippen LogP contribution in [-0.4, -0.2) is 38.1 Å². The fourth-order valence-electron chi connectivity index (χ4n) is 3.14. The molecule has 0 atom stereocenters. The van der Waals surface area contributed by atoms with Gasteiger partial charge < -0.3 is 15.4 Å².